The number of epoxide rings is 1. The SMILES string of the molecule is C/C=C/C1OC1CO[Si](c1ccccc1)(c1ccccc1)C(C)(C)C. The van der Waals surface area contributed by atoms with Gasteiger partial charge in [0.2, 0.25) is 0 Å². The lowest BCUT2D eigenvalue weighted by molar-refractivity contribution is 0.249. The molecule has 2 unspecified atom stereocenters. The van der Waals surface area contributed by atoms with E-state index in [1.807, 2.05) is 13.0 Å². The van der Waals surface area contributed by atoms with E-state index in [9.17, 15) is 0 Å². The van der Waals surface area contributed by atoms with E-state index in [1.165, 1.54) is 10.4 Å². The second-order valence-corrected chi connectivity index (χ2v) is 11.9. The van der Waals surface area contributed by atoms with Gasteiger partial charge in [-0.2, -0.15) is 0 Å². The molecule has 0 N–H and O–H groups in total. The summed E-state index contributed by atoms with van der Waals surface area (Å²) in [6.07, 6.45) is 4.55. The normalized spacial score (nSPS) is 20.8. The highest BCUT2D eigenvalue weighted by Crippen LogP contribution is 2.38. The second kappa shape index (κ2) is 7.28. The molecular formula is C22H28O2Si. The largest absolute Gasteiger partial charge is 0.405 e. The summed E-state index contributed by atoms with van der Waals surface area (Å²) in [6.45, 7) is 9.58. The third-order valence-corrected chi connectivity index (χ3v) is 9.89. The molecule has 2 aromatic rings. The van der Waals surface area contributed by atoms with E-state index in [-0.39, 0.29) is 17.2 Å². The van der Waals surface area contributed by atoms with Crippen LogP contribution in [0.3, 0.4) is 0 Å². The first kappa shape index (κ1) is 18.1. The van der Waals surface area contributed by atoms with Gasteiger partial charge in [-0.05, 0) is 22.3 Å². The minimum Gasteiger partial charge on any atom is -0.405 e. The number of ether oxygens (including phenoxy) is 1. The maximum atomic E-state index is 6.85. The summed E-state index contributed by atoms with van der Waals surface area (Å²) in [7, 11) is -2.43. The standard InChI is InChI=1S/C22H28O2Si/c1-5-12-20-21(24-20)17-23-25(22(2,3)4,18-13-8-6-9-14-18)19-15-10-7-11-16-19/h5-16,20-21H,17H2,1-4H3/b12-5+. The third kappa shape index (κ3) is 3.64. The Hall–Kier alpha value is -1.68. The Labute approximate surface area is 152 Å². The molecule has 3 rings (SSSR count). The third-order valence-electron chi connectivity index (χ3n) is 4.88. The molecule has 2 atom stereocenters. The summed E-state index contributed by atoms with van der Waals surface area (Å²) in [5, 5.41) is 2.65. The summed E-state index contributed by atoms with van der Waals surface area (Å²) < 4.78 is 12.6. The first-order valence-electron chi connectivity index (χ1n) is 9.02. The van der Waals surface area contributed by atoms with Crippen LogP contribution in [0.4, 0.5) is 0 Å². The number of hydrogen-bond acceptors (Lipinski definition) is 2. The first-order chi connectivity index (χ1) is 12.0. The van der Waals surface area contributed by atoms with Crippen LogP contribution in [0.1, 0.15) is 27.7 Å². The molecule has 25 heavy (non-hydrogen) atoms. The summed E-state index contributed by atoms with van der Waals surface area (Å²) in [4.78, 5) is 0. The fourth-order valence-corrected chi connectivity index (χ4v) is 8.19. The van der Waals surface area contributed by atoms with Gasteiger partial charge in [-0.25, -0.2) is 0 Å². The van der Waals surface area contributed by atoms with Gasteiger partial charge in [0.15, 0.2) is 0 Å². The Balaban J connectivity index is 2.00. The number of hydrogen-bond donors (Lipinski definition) is 0. The highest BCUT2D eigenvalue weighted by atomic mass is 28.4. The number of allylic oxidation sites excluding steroid dienone is 1. The highest BCUT2D eigenvalue weighted by molar-refractivity contribution is 6.99. The topological polar surface area (TPSA) is 21.8 Å². The van der Waals surface area contributed by atoms with Gasteiger partial charge in [0.1, 0.15) is 12.2 Å². The van der Waals surface area contributed by atoms with Gasteiger partial charge in [-0.15, -0.1) is 0 Å². The predicted octanol–water partition coefficient (Wildman–Crippen LogP) is 3.91. The maximum absolute atomic E-state index is 6.85. The van der Waals surface area contributed by atoms with E-state index >= 15 is 0 Å². The summed E-state index contributed by atoms with van der Waals surface area (Å²) >= 11 is 0. The summed E-state index contributed by atoms with van der Waals surface area (Å²) in [5.74, 6) is 0. The van der Waals surface area contributed by atoms with Crippen LogP contribution in [0.25, 0.3) is 0 Å². The van der Waals surface area contributed by atoms with Crippen molar-refractivity contribution in [2.45, 2.75) is 44.9 Å². The summed E-state index contributed by atoms with van der Waals surface area (Å²) in [5.41, 5.74) is 0. The molecule has 132 valence electrons. The van der Waals surface area contributed by atoms with Crippen LogP contribution >= 0.6 is 0 Å². The van der Waals surface area contributed by atoms with E-state index in [0.29, 0.717) is 6.61 Å². The van der Waals surface area contributed by atoms with Crippen LogP contribution < -0.4 is 10.4 Å². The molecule has 0 radical (unpaired) electrons. The zero-order valence-electron chi connectivity index (χ0n) is 15.6. The average molecular weight is 353 g/mol. The van der Waals surface area contributed by atoms with Gasteiger partial charge in [0.05, 0.1) is 6.61 Å². The van der Waals surface area contributed by atoms with Crippen molar-refractivity contribution < 1.29 is 9.16 Å². The lowest BCUT2D eigenvalue weighted by atomic mass is 10.2. The van der Waals surface area contributed by atoms with Crippen molar-refractivity contribution in [2.75, 3.05) is 6.61 Å². The fraction of sp³-hybridized carbons (Fsp3) is 0.364. The molecular weight excluding hydrogens is 324 g/mol. The Morgan fingerprint density at radius 2 is 1.48 bits per heavy atom. The first-order valence-corrected chi connectivity index (χ1v) is 10.9. The minimum atomic E-state index is -2.43. The molecule has 1 heterocycles. The highest BCUT2D eigenvalue weighted by Gasteiger charge is 2.51. The average Bonchev–Trinajstić information content (AvgIpc) is 3.35. The molecule has 1 aliphatic rings. The molecule has 2 nitrogen and oxygen atoms in total. The Kier molecular flexibility index (Phi) is 5.28. The molecule has 0 amide bonds. The zero-order valence-corrected chi connectivity index (χ0v) is 16.6. The molecule has 2 aromatic carbocycles. The van der Waals surface area contributed by atoms with E-state index in [0.717, 1.165) is 0 Å². The van der Waals surface area contributed by atoms with Gasteiger partial charge >= 0.3 is 0 Å². The zero-order chi connectivity index (χ0) is 17.9. The van der Waals surface area contributed by atoms with Gasteiger partial charge in [-0.1, -0.05) is 93.6 Å². The van der Waals surface area contributed by atoms with Crippen LogP contribution in [-0.4, -0.2) is 27.1 Å². The minimum absolute atomic E-state index is 0.0146. The van der Waals surface area contributed by atoms with Gasteiger partial charge in [0, 0.05) is 0 Å². The predicted molar refractivity (Wildman–Crippen MR) is 107 cm³/mol. The summed E-state index contributed by atoms with van der Waals surface area (Å²) in [6, 6.07) is 21.5. The molecule has 1 aliphatic heterocycles. The van der Waals surface area contributed by atoms with Gasteiger partial charge < -0.3 is 9.16 Å². The van der Waals surface area contributed by atoms with Crippen molar-refractivity contribution in [3.63, 3.8) is 0 Å². The molecule has 0 saturated carbocycles. The molecule has 0 spiro atoms. The Morgan fingerprint density at radius 3 is 1.92 bits per heavy atom. The van der Waals surface area contributed by atoms with Crippen LogP contribution in [0.15, 0.2) is 72.8 Å². The van der Waals surface area contributed by atoms with E-state index in [4.69, 9.17) is 9.16 Å². The molecule has 0 bridgehead atoms. The smallest absolute Gasteiger partial charge is 0.261 e. The Morgan fingerprint density at radius 1 is 0.960 bits per heavy atom. The molecule has 3 heteroatoms. The quantitative estimate of drug-likeness (QED) is 0.447. The monoisotopic (exact) mass is 352 g/mol. The molecule has 1 fully saturated rings. The van der Waals surface area contributed by atoms with Crippen LogP contribution in [0.5, 0.6) is 0 Å². The fourth-order valence-electron chi connectivity index (χ4n) is 3.62. The van der Waals surface area contributed by atoms with Crippen LogP contribution in [0, 0.1) is 0 Å². The Bertz CT molecular complexity index is 664. The number of rotatable bonds is 6. The van der Waals surface area contributed by atoms with Crippen molar-refractivity contribution in [3.8, 4) is 0 Å². The molecule has 0 aromatic heterocycles. The second-order valence-electron chi connectivity index (χ2n) is 7.64. The van der Waals surface area contributed by atoms with E-state index in [2.05, 4.69) is 87.5 Å². The van der Waals surface area contributed by atoms with Crippen molar-refractivity contribution in [1.29, 1.82) is 0 Å². The van der Waals surface area contributed by atoms with Crippen LogP contribution in [0.2, 0.25) is 5.04 Å². The lowest BCUT2D eigenvalue weighted by Gasteiger charge is -2.43. The maximum Gasteiger partial charge on any atom is 0.261 e. The lowest BCUT2D eigenvalue weighted by Crippen LogP contribution is -2.66. The van der Waals surface area contributed by atoms with Crippen LogP contribution in [-0.2, 0) is 9.16 Å². The number of benzene rings is 2. The molecule has 1 saturated heterocycles. The van der Waals surface area contributed by atoms with Crippen molar-refractivity contribution in [3.05, 3.63) is 72.8 Å². The van der Waals surface area contributed by atoms with Gasteiger partial charge in [-0.3, -0.25) is 0 Å². The van der Waals surface area contributed by atoms with Crippen molar-refractivity contribution >= 4 is 18.7 Å². The van der Waals surface area contributed by atoms with Gasteiger partial charge in [0.25, 0.3) is 8.32 Å². The van der Waals surface area contributed by atoms with E-state index in [1.54, 1.807) is 0 Å². The van der Waals surface area contributed by atoms with Crippen molar-refractivity contribution in [1.82, 2.24) is 0 Å². The van der Waals surface area contributed by atoms with E-state index < -0.39 is 8.32 Å². The molecule has 0 aliphatic carbocycles. The van der Waals surface area contributed by atoms with Crippen molar-refractivity contribution in [2.24, 2.45) is 0 Å².